The van der Waals surface area contributed by atoms with Crippen LogP contribution in [-0.4, -0.2) is 50.7 Å². The van der Waals surface area contributed by atoms with Gasteiger partial charge in [0, 0.05) is 23.4 Å². The molecule has 1 unspecified atom stereocenters. The number of carbonyl (C=O) groups is 1. The van der Waals surface area contributed by atoms with Crippen molar-refractivity contribution in [2.75, 3.05) is 37.4 Å². The number of benzene rings is 2. The largest absolute Gasteiger partial charge is 0.379 e. The maximum atomic E-state index is 12.8. The highest BCUT2D eigenvalue weighted by atomic mass is 35.5. The molecule has 1 N–H and O–H groups in total. The van der Waals surface area contributed by atoms with Crippen molar-refractivity contribution >= 4 is 56.6 Å². The molecule has 1 atom stereocenters. The van der Waals surface area contributed by atoms with Crippen molar-refractivity contribution in [3.05, 3.63) is 58.1 Å². The van der Waals surface area contributed by atoms with Gasteiger partial charge in [-0.1, -0.05) is 41.4 Å². The third-order valence-corrected chi connectivity index (χ3v) is 8.38. The van der Waals surface area contributed by atoms with E-state index in [0.29, 0.717) is 31.3 Å². The first-order valence-electron chi connectivity index (χ1n) is 9.32. The van der Waals surface area contributed by atoms with Crippen LogP contribution >= 0.6 is 35.0 Å². The van der Waals surface area contributed by atoms with Crippen LogP contribution in [0.25, 0.3) is 0 Å². The molecule has 1 heterocycles. The molecule has 30 heavy (non-hydrogen) atoms. The number of halogens is 2. The molecule has 1 saturated heterocycles. The summed E-state index contributed by atoms with van der Waals surface area (Å²) in [6.07, 6.45) is 0. The predicted octanol–water partition coefficient (Wildman–Crippen LogP) is 4.45. The summed E-state index contributed by atoms with van der Waals surface area (Å²) in [6.45, 7) is 3.28. The minimum Gasteiger partial charge on any atom is -0.379 e. The average molecular weight is 489 g/mol. The summed E-state index contributed by atoms with van der Waals surface area (Å²) in [6, 6.07) is 11.8. The zero-order chi connectivity index (χ0) is 21.7. The lowest BCUT2D eigenvalue weighted by molar-refractivity contribution is -0.113. The zero-order valence-corrected chi connectivity index (χ0v) is 19.5. The molecular weight excluding hydrogens is 467 g/mol. The van der Waals surface area contributed by atoms with E-state index in [-0.39, 0.29) is 32.5 Å². The Labute approximate surface area is 190 Å². The van der Waals surface area contributed by atoms with Crippen molar-refractivity contribution in [2.24, 2.45) is 0 Å². The number of nitrogens with one attached hydrogen (secondary N) is 1. The van der Waals surface area contributed by atoms with E-state index >= 15 is 0 Å². The molecule has 6 nitrogen and oxygen atoms in total. The molecule has 0 aliphatic carbocycles. The average Bonchev–Trinajstić information content (AvgIpc) is 2.74. The summed E-state index contributed by atoms with van der Waals surface area (Å²) in [5.74, 6) is -0.106. The predicted molar refractivity (Wildman–Crippen MR) is 122 cm³/mol. The first-order chi connectivity index (χ1) is 14.3. The van der Waals surface area contributed by atoms with Crippen LogP contribution in [0.5, 0.6) is 0 Å². The maximum Gasteiger partial charge on any atom is 0.243 e. The molecule has 2 aromatic rings. The molecule has 0 aromatic heterocycles. The molecule has 0 saturated carbocycles. The van der Waals surface area contributed by atoms with Gasteiger partial charge < -0.3 is 10.1 Å². The Morgan fingerprint density at radius 2 is 1.87 bits per heavy atom. The van der Waals surface area contributed by atoms with Gasteiger partial charge in [0.1, 0.15) is 0 Å². The van der Waals surface area contributed by atoms with Crippen molar-refractivity contribution in [3.8, 4) is 0 Å². The Hall–Kier alpha value is -1.29. The van der Waals surface area contributed by atoms with Gasteiger partial charge in [0.25, 0.3) is 0 Å². The summed E-state index contributed by atoms with van der Waals surface area (Å²) >= 11 is 13.8. The van der Waals surface area contributed by atoms with E-state index in [1.807, 2.05) is 31.2 Å². The lowest BCUT2D eigenvalue weighted by Gasteiger charge is -2.26. The molecule has 0 radical (unpaired) electrons. The van der Waals surface area contributed by atoms with Gasteiger partial charge in [-0.15, -0.1) is 11.8 Å². The molecule has 0 bridgehead atoms. The molecule has 1 fully saturated rings. The topological polar surface area (TPSA) is 75.7 Å². The Morgan fingerprint density at radius 3 is 2.57 bits per heavy atom. The fourth-order valence-electron chi connectivity index (χ4n) is 2.98. The number of amides is 1. The van der Waals surface area contributed by atoms with E-state index in [9.17, 15) is 13.2 Å². The van der Waals surface area contributed by atoms with Crippen LogP contribution < -0.4 is 5.32 Å². The van der Waals surface area contributed by atoms with E-state index in [4.69, 9.17) is 27.9 Å². The number of ether oxygens (including phenoxy) is 1. The van der Waals surface area contributed by atoms with Gasteiger partial charge in [0.05, 0.1) is 34.6 Å². The lowest BCUT2D eigenvalue weighted by atomic mass is 10.2. The molecule has 1 amide bonds. The Kier molecular flexibility index (Phi) is 8.06. The molecule has 10 heteroatoms. The quantitative estimate of drug-likeness (QED) is 0.622. The first kappa shape index (κ1) is 23.4. The molecule has 2 aromatic carbocycles. The van der Waals surface area contributed by atoms with Crippen LogP contribution in [0.2, 0.25) is 10.0 Å². The smallest absolute Gasteiger partial charge is 0.243 e. The first-order valence-corrected chi connectivity index (χ1v) is 12.6. The van der Waals surface area contributed by atoms with Crippen LogP contribution in [0.15, 0.2) is 47.4 Å². The SMILES string of the molecule is CC(SCC(=O)Nc1cc(S(=O)(=O)N2CCOCC2)ccc1Cl)c1ccccc1Cl. The number of nitrogens with zero attached hydrogens (tertiary/aromatic N) is 1. The number of carbonyl (C=O) groups excluding carboxylic acids is 1. The standard InChI is InChI=1S/C20H22Cl2N2O4S2/c1-14(16-4-2-3-5-17(16)21)29-13-20(25)23-19-12-15(6-7-18(19)22)30(26,27)24-8-10-28-11-9-24/h2-7,12,14H,8-11,13H2,1H3,(H,23,25). The highest BCUT2D eigenvalue weighted by molar-refractivity contribution is 8.00. The summed E-state index contributed by atoms with van der Waals surface area (Å²) in [5.41, 5.74) is 1.22. The van der Waals surface area contributed by atoms with Crippen molar-refractivity contribution in [2.45, 2.75) is 17.1 Å². The highest BCUT2D eigenvalue weighted by Gasteiger charge is 2.27. The molecule has 1 aliphatic rings. The molecule has 1 aliphatic heterocycles. The maximum absolute atomic E-state index is 12.8. The molecule has 162 valence electrons. The van der Waals surface area contributed by atoms with Gasteiger partial charge in [0.2, 0.25) is 15.9 Å². The normalized spacial score (nSPS) is 16.2. The number of hydrogen-bond donors (Lipinski definition) is 1. The Morgan fingerprint density at radius 1 is 1.17 bits per heavy atom. The van der Waals surface area contributed by atoms with Crippen LogP contribution in [0.4, 0.5) is 5.69 Å². The van der Waals surface area contributed by atoms with Crippen LogP contribution in [0, 0.1) is 0 Å². The van der Waals surface area contributed by atoms with Gasteiger partial charge in [0.15, 0.2) is 0 Å². The van der Waals surface area contributed by atoms with Crippen molar-refractivity contribution in [3.63, 3.8) is 0 Å². The number of sulfonamides is 1. The van der Waals surface area contributed by atoms with Crippen LogP contribution in [-0.2, 0) is 19.6 Å². The summed E-state index contributed by atoms with van der Waals surface area (Å²) in [4.78, 5) is 12.5. The Bertz CT molecular complexity index is 1010. The van der Waals surface area contributed by atoms with E-state index in [1.165, 1.54) is 34.3 Å². The van der Waals surface area contributed by atoms with Crippen LogP contribution in [0.1, 0.15) is 17.7 Å². The number of thioether (sulfide) groups is 1. The zero-order valence-electron chi connectivity index (χ0n) is 16.3. The second kappa shape index (κ2) is 10.3. The molecule has 0 spiro atoms. The fourth-order valence-corrected chi connectivity index (χ4v) is 5.80. The number of anilines is 1. The third kappa shape index (κ3) is 5.69. The monoisotopic (exact) mass is 488 g/mol. The van der Waals surface area contributed by atoms with E-state index in [2.05, 4.69) is 5.32 Å². The van der Waals surface area contributed by atoms with Gasteiger partial charge in [-0.25, -0.2) is 8.42 Å². The van der Waals surface area contributed by atoms with Gasteiger partial charge in [-0.3, -0.25) is 4.79 Å². The summed E-state index contributed by atoms with van der Waals surface area (Å²) < 4.78 is 32.3. The number of hydrogen-bond acceptors (Lipinski definition) is 5. The van der Waals surface area contributed by atoms with Crippen molar-refractivity contribution in [1.29, 1.82) is 0 Å². The number of morpholine rings is 1. The molecular formula is C20H22Cl2N2O4S2. The van der Waals surface area contributed by atoms with E-state index in [1.54, 1.807) is 0 Å². The van der Waals surface area contributed by atoms with Gasteiger partial charge in [-0.05, 0) is 36.8 Å². The fraction of sp³-hybridized carbons (Fsp3) is 0.350. The summed E-state index contributed by atoms with van der Waals surface area (Å²) in [5, 5.41) is 3.66. The summed E-state index contributed by atoms with van der Waals surface area (Å²) in [7, 11) is -3.68. The number of rotatable bonds is 7. The molecule has 3 rings (SSSR count). The van der Waals surface area contributed by atoms with Crippen molar-refractivity contribution < 1.29 is 17.9 Å². The minimum atomic E-state index is -3.68. The minimum absolute atomic E-state index is 0.0213. The third-order valence-electron chi connectivity index (χ3n) is 4.63. The van der Waals surface area contributed by atoms with E-state index in [0.717, 1.165) is 5.56 Å². The highest BCUT2D eigenvalue weighted by Crippen LogP contribution is 2.33. The van der Waals surface area contributed by atoms with Gasteiger partial charge >= 0.3 is 0 Å². The van der Waals surface area contributed by atoms with Crippen molar-refractivity contribution in [1.82, 2.24) is 4.31 Å². The second-order valence-corrected chi connectivity index (χ2v) is 10.8. The lowest BCUT2D eigenvalue weighted by Crippen LogP contribution is -2.40. The van der Waals surface area contributed by atoms with Crippen LogP contribution in [0.3, 0.4) is 0 Å². The van der Waals surface area contributed by atoms with E-state index < -0.39 is 10.0 Å². The Balaban J connectivity index is 1.66. The second-order valence-electron chi connectivity index (χ2n) is 6.68. The van der Waals surface area contributed by atoms with Gasteiger partial charge in [-0.2, -0.15) is 4.31 Å².